The first kappa shape index (κ1) is 22.2. The Morgan fingerprint density at radius 3 is 2.57 bits per heavy atom. The summed E-state index contributed by atoms with van der Waals surface area (Å²) in [6.07, 6.45) is 0.212. The molecule has 0 aliphatic heterocycles. The summed E-state index contributed by atoms with van der Waals surface area (Å²) in [7, 11) is 0. The number of nitrogens with one attached hydrogen (secondary N) is 1. The van der Waals surface area contributed by atoms with Crippen LogP contribution in [0.1, 0.15) is 38.0 Å². The Morgan fingerprint density at radius 2 is 1.93 bits per heavy atom. The smallest absolute Gasteiger partial charge is 0.349 e. The lowest BCUT2D eigenvalue weighted by Crippen LogP contribution is -2.39. The highest BCUT2D eigenvalue weighted by Crippen LogP contribution is 2.21. The third kappa shape index (κ3) is 6.82. The number of ether oxygens (including phenoxy) is 2. The van der Waals surface area contributed by atoms with Crippen LogP contribution >= 0.6 is 11.6 Å². The van der Waals surface area contributed by atoms with Gasteiger partial charge in [-0.1, -0.05) is 35.9 Å². The van der Waals surface area contributed by atoms with Crippen molar-refractivity contribution < 1.29 is 19.4 Å². The number of hydrogen-bond acceptors (Lipinski definition) is 5. The van der Waals surface area contributed by atoms with Gasteiger partial charge in [0.05, 0.1) is 12.7 Å². The zero-order valence-electron chi connectivity index (χ0n) is 16.6. The standard InChI is InChI=1S/C22H28ClNO4/c1-4-27-21(26)22(2,3)28-19-10-8-16(9-11-19)12-13-24-15-20(25)17-6-5-7-18(23)14-17/h5-11,14,20,24-25H,4,12-13,15H2,1-3H3/t20-/m0/s1. The molecule has 0 aliphatic carbocycles. The van der Waals surface area contributed by atoms with Gasteiger partial charge in [0.15, 0.2) is 5.60 Å². The van der Waals surface area contributed by atoms with Crippen LogP contribution in [0.5, 0.6) is 5.75 Å². The molecule has 0 fully saturated rings. The highest BCUT2D eigenvalue weighted by atomic mass is 35.5. The summed E-state index contributed by atoms with van der Waals surface area (Å²) in [5, 5.41) is 14.1. The second kappa shape index (κ2) is 10.5. The van der Waals surface area contributed by atoms with E-state index in [-0.39, 0.29) is 5.97 Å². The van der Waals surface area contributed by atoms with Gasteiger partial charge in [-0.3, -0.25) is 0 Å². The fraction of sp³-hybridized carbons (Fsp3) is 0.409. The molecule has 0 bridgehead atoms. The van der Waals surface area contributed by atoms with Crippen LogP contribution in [0.4, 0.5) is 0 Å². The second-order valence-corrected chi connectivity index (χ2v) is 7.44. The third-order valence-corrected chi connectivity index (χ3v) is 4.46. The number of esters is 1. The lowest BCUT2D eigenvalue weighted by molar-refractivity contribution is -0.158. The molecular formula is C22H28ClNO4. The van der Waals surface area contributed by atoms with Crippen LogP contribution in [0.25, 0.3) is 0 Å². The Hall–Kier alpha value is -2.08. The first-order valence-electron chi connectivity index (χ1n) is 9.41. The van der Waals surface area contributed by atoms with E-state index in [0.29, 0.717) is 23.9 Å². The minimum Gasteiger partial charge on any atom is -0.476 e. The van der Waals surface area contributed by atoms with Gasteiger partial charge in [0, 0.05) is 11.6 Å². The molecule has 2 N–H and O–H groups in total. The van der Waals surface area contributed by atoms with Crippen molar-refractivity contribution in [2.75, 3.05) is 19.7 Å². The van der Waals surface area contributed by atoms with Gasteiger partial charge in [0.1, 0.15) is 5.75 Å². The summed E-state index contributed by atoms with van der Waals surface area (Å²) in [5.74, 6) is 0.229. The lowest BCUT2D eigenvalue weighted by Gasteiger charge is -2.24. The Balaban J connectivity index is 1.77. The minimum absolute atomic E-state index is 0.323. The normalized spacial score (nSPS) is 12.5. The largest absolute Gasteiger partial charge is 0.476 e. The van der Waals surface area contributed by atoms with Crippen molar-refractivity contribution in [3.8, 4) is 5.75 Å². The van der Waals surface area contributed by atoms with Crippen molar-refractivity contribution in [3.63, 3.8) is 0 Å². The van der Waals surface area contributed by atoms with Crippen molar-refractivity contribution in [3.05, 3.63) is 64.7 Å². The first-order valence-corrected chi connectivity index (χ1v) is 9.79. The van der Waals surface area contributed by atoms with E-state index in [1.807, 2.05) is 36.4 Å². The average Bonchev–Trinajstić information content (AvgIpc) is 2.66. The van der Waals surface area contributed by atoms with Crippen LogP contribution in [0.3, 0.4) is 0 Å². The van der Waals surface area contributed by atoms with Crippen LogP contribution in [-0.4, -0.2) is 36.4 Å². The lowest BCUT2D eigenvalue weighted by atomic mass is 10.1. The maximum atomic E-state index is 11.9. The molecule has 0 radical (unpaired) electrons. The number of aliphatic hydroxyl groups excluding tert-OH is 1. The van der Waals surface area contributed by atoms with Gasteiger partial charge in [0.2, 0.25) is 0 Å². The summed E-state index contributed by atoms with van der Waals surface area (Å²) in [6, 6.07) is 14.9. The minimum atomic E-state index is -1.03. The molecule has 0 heterocycles. The fourth-order valence-electron chi connectivity index (χ4n) is 2.67. The van der Waals surface area contributed by atoms with Gasteiger partial charge >= 0.3 is 5.97 Å². The van der Waals surface area contributed by atoms with Crippen molar-refractivity contribution >= 4 is 17.6 Å². The number of hydrogen-bond donors (Lipinski definition) is 2. The Bertz CT molecular complexity index is 761. The van der Waals surface area contributed by atoms with E-state index in [9.17, 15) is 9.90 Å². The zero-order valence-corrected chi connectivity index (χ0v) is 17.3. The summed E-state index contributed by atoms with van der Waals surface area (Å²) >= 11 is 5.95. The Morgan fingerprint density at radius 1 is 1.21 bits per heavy atom. The number of halogens is 1. The van der Waals surface area contributed by atoms with Crippen LogP contribution in [-0.2, 0) is 16.0 Å². The molecule has 28 heavy (non-hydrogen) atoms. The van der Waals surface area contributed by atoms with Crippen LogP contribution < -0.4 is 10.1 Å². The molecule has 1 atom stereocenters. The molecule has 0 saturated heterocycles. The number of carbonyl (C=O) groups is 1. The van der Waals surface area contributed by atoms with Crippen molar-refractivity contribution in [1.82, 2.24) is 5.32 Å². The van der Waals surface area contributed by atoms with Crippen molar-refractivity contribution in [2.24, 2.45) is 0 Å². The van der Waals surface area contributed by atoms with E-state index in [1.165, 1.54) is 0 Å². The molecule has 2 aromatic rings. The van der Waals surface area contributed by atoms with E-state index in [4.69, 9.17) is 21.1 Å². The molecule has 2 rings (SSSR count). The molecular weight excluding hydrogens is 378 g/mol. The SMILES string of the molecule is CCOC(=O)C(C)(C)Oc1ccc(CCNC[C@H](O)c2cccc(Cl)c2)cc1. The topological polar surface area (TPSA) is 67.8 Å². The quantitative estimate of drug-likeness (QED) is 0.463. The average molecular weight is 406 g/mol. The monoisotopic (exact) mass is 405 g/mol. The Kier molecular flexibility index (Phi) is 8.30. The van der Waals surface area contributed by atoms with Gasteiger partial charge in [-0.05, 0) is 69.1 Å². The molecule has 0 aromatic heterocycles. The molecule has 152 valence electrons. The molecule has 0 unspecified atom stereocenters. The van der Waals surface area contributed by atoms with Gasteiger partial charge in [-0.15, -0.1) is 0 Å². The predicted molar refractivity (Wildman–Crippen MR) is 111 cm³/mol. The molecule has 0 saturated carbocycles. The maximum absolute atomic E-state index is 11.9. The van der Waals surface area contributed by atoms with Gasteiger partial charge in [0.25, 0.3) is 0 Å². The summed E-state index contributed by atoms with van der Waals surface area (Å²) < 4.78 is 10.8. The summed E-state index contributed by atoms with van der Waals surface area (Å²) in [6.45, 7) is 6.65. The first-order chi connectivity index (χ1) is 13.3. The number of carbonyl (C=O) groups excluding carboxylic acids is 1. The van der Waals surface area contributed by atoms with Gasteiger partial charge in [-0.25, -0.2) is 4.79 Å². The number of aliphatic hydroxyl groups is 1. The fourth-order valence-corrected chi connectivity index (χ4v) is 2.87. The van der Waals surface area contributed by atoms with Crippen LogP contribution in [0, 0.1) is 0 Å². The molecule has 6 heteroatoms. The van der Waals surface area contributed by atoms with Crippen molar-refractivity contribution in [1.29, 1.82) is 0 Å². The van der Waals surface area contributed by atoms with Gasteiger partial charge < -0.3 is 19.9 Å². The molecule has 2 aromatic carbocycles. The highest BCUT2D eigenvalue weighted by molar-refractivity contribution is 6.30. The Labute approximate surface area is 171 Å². The van der Waals surface area contributed by atoms with Crippen LogP contribution in [0.15, 0.2) is 48.5 Å². The molecule has 0 aliphatic rings. The maximum Gasteiger partial charge on any atom is 0.349 e. The summed E-state index contributed by atoms with van der Waals surface area (Å²) in [4.78, 5) is 11.9. The second-order valence-electron chi connectivity index (χ2n) is 7.00. The predicted octanol–water partition coefficient (Wildman–Crippen LogP) is 3.93. The van der Waals surface area contributed by atoms with E-state index >= 15 is 0 Å². The summed E-state index contributed by atoms with van der Waals surface area (Å²) in [5.41, 5.74) is 0.895. The van der Waals surface area contributed by atoms with Crippen molar-refractivity contribution in [2.45, 2.75) is 38.9 Å². The van der Waals surface area contributed by atoms with E-state index in [0.717, 1.165) is 24.1 Å². The number of benzene rings is 2. The molecule has 0 amide bonds. The molecule has 5 nitrogen and oxygen atoms in total. The highest BCUT2D eigenvalue weighted by Gasteiger charge is 2.31. The third-order valence-electron chi connectivity index (χ3n) is 4.22. The zero-order chi connectivity index (χ0) is 20.6. The molecule has 0 spiro atoms. The number of rotatable bonds is 10. The van der Waals surface area contributed by atoms with E-state index in [2.05, 4.69) is 5.32 Å². The van der Waals surface area contributed by atoms with E-state index in [1.54, 1.807) is 32.9 Å². The van der Waals surface area contributed by atoms with Crippen LogP contribution in [0.2, 0.25) is 5.02 Å². The van der Waals surface area contributed by atoms with Gasteiger partial charge in [-0.2, -0.15) is 0 Å². The van der Waals surface area contributed by atoms with E-state index < -0.39 is 11.7 Å².